The summed E-state index contributed by atoms with van der Waals surface area (Å²) in [6, 6.07) is 0. The van der Waals surface area contributed by atoms with Crippen LogP contribution in [-0.2, 0) is 5.92 Å². The van der Waals surface area contributed by atoms with Crippen LogP contribution in [0.4, 0.5) is 62.8 Å². The molecule has 4 N–H and O–H groups in total. The molecule has 26 heavy (non-hydrogen) atoms. The Kier molecular flexibility index (Phi) is 4.44. The van der Waals surface area contributed by atoms with Crippen LogP contribution >= 0.6 is 0 Å². The molecular weight excluding hydrogens is 409 g/mol. The van der Waals surface area contributed by atoms with Gasteiger partial charge in [0.15, 0.2) is 0 Å². The average Bonchev–Trinajstić information content (AvgIpc) is 2.44. The third-order valence-corrected chi connectivity index (χ3v) is 3.29. The number of nitrogen functional groups attached to an aromatic ring is 1. The third-order valence-electron chi connectivity index (χ3n) is 3.29. The molecular formula is C10H4F13N3. The van der Waals surface area contributed by atoms with Crippen molar-refractivity contribution in [2.24, 2.45) is 0 Å². The van der Waals surface area contributed by atoms with Crippen molar-refractivity contribution < 1.29 is 57.1 Å². The van der Waals surface area contributed by atoms with E-state index in [-0.39, 0.29) is 0 Å². The first-order valence-electron chi connectivity index (χ1n) is 5.75. The van der Waals surface area contributed by atoms with Crippen LogP contribution in [0.5, 0.6) is 0 Å². The Morgan fingerprint density at radius 2 is 0.885 bits per heavy atom. The smallest absolute Gasteiger partial charge is 0.396 e. The molecule has 0 aliphatic heterocycles. The van der Waals surface area contributed by atoms with E-state index >= 15 is 0 Å². The maximum atomic E-state index is 13.6. The van der Waals surface area contributed by atoms with Gasteiger partial charge < -0.3 is 5.73 Å². The summed E-state index contributed by atoms with van der Waals surface area (Å²) in [6.45, 7) is 0. The highest BCUT2D eigenvalue weighted by molar-refractivity contribution is 5.54. The van der Waals surface area contributed by atoms with Crippen molar-refractivity contribution in [3.05, 3.63) is 16.3 Å². The number of anilines is 1. The Morgan fingerprint density at radius 1 is 0.538 bits per heavy atom. The summed E-state index contributed by atoms with van der Waals surface area (Å²) in [7, 11) is 0. The predicted molar refractivity (Wildman–Crippen MR) is 54.7 cm³/mol. The van der Waals surface area contributed by atoms with E-state index in [1.165, 1.54) is 0 Å². The van der Waals surface area contributed by atoms with Gasteiger partial charge >= 0.3 is 35.8 Å². The van der Waals surface area contributed by atoms with Crippen LogP contribution in [0, 0.1) is 10.8 Å². The zero-order chi connectivity index (χ0) is 21.3. The van der Waals surface area contributed by atoms with Crippen LogP contribution in [-0.4, -0.2) is 29.9 Å². The molecule has 0 atom stereocenters. The minimum absolute atomic E-state index is 1.38. The first-order chi connectivity index (χ1) is 11.1. The fraction of sp³-hybridized carbons (Fsp3) is 0.600. The quantitative estimate of drug-likeness (QED) is 0.637. The minimum Gasteiger partial charge on any atom is -0.396 e. The topological polar surface area (TPSA) is 73.7 Å². The monoisotopic (exact) mass is 413 g/mol. The van der Waals surface area contributed by atoms with Gasteiger partial charge in [-0.05, 0) is 0 Å². The summed E-state index contributed by atoms with van der Waals surface area (Å²) in [4.78, 5) is 0. The van der Waals surface area contributed by atoms with Crippen LogP contribution in [0.3, 0.4) is 0 Å². The van der Waals surface area contributed by atoms with Crippen LogP contribution in [0.15, 0.2) is 0 Å². The second-order valence-corrected chi connectivity index (χ2v) is 4.91. The van der Waals surface area contributed by atoms with Crippen molar-refractivity contribution in [3.8, 4) is 0 Å². The lowest BCUT2D eigenvalue weighted by Gasteiger charge is -2.40. The van der Waals surface area contributed by atoms with E-state index in [0.29, 0.717) is 0 Å². The summed E-state index contributed by atoms with van der Waals surface area (Å²) < 4.78 is 167. The highest BCUT2D eigenvalue weighted by atomic mass is 19.4. The van der Waals surface area contributed by atoms with Crippen molar-refractivity contribution in [1.82, 2.24) is 0 Å². The van der Waals surface area contributed by atoms with Gasteiger partial charge in [0.1, 0.15) is 5.36 Å². The highest BCUT2D eigenvalue weighted by Gasteiger charge is 2.91. The summed E-state index contributed by atoms with van der Waals surface area (Å²) in [5.41, 5.74) is 0.295. The highest BCUT2D eigenvalue weighted by Crippen LogP contribution is 2.62. The van der Waals surface area contributed by atoms with Gasteiger partial charge in [0.2, 0.25) is 0 Å². The standard InChI is InChI=1S/C10H4F13N3/c11-5(12,1-2(24)4(26)3(1)25)6(13,14)7(15,16)8(17,18)9(19,20)10(21,22)23/h24,26H,25H2. The van der Waals surface area contributed by atoms with E-state index in [9.17, 15) is 57.1 Å². The Morgan fingerprint density at radius 3 is 1.19 bits per heavy atom. The molecule has 0 radical (unpaired) electrons. The lowest BCUT2D eigenvalue weighted by Crippen LogP contribution is -2.70. The van der Waals surface area contributed by atoms with Crippen LogP contribution in [0.25, 0.3) is 0 Å². The zero-order valence-corrected chi connectivity index (χ0v) is 11.5. The predicted octanol–water partition coefficient (Wildman–Crippen LogP) is 3.30. The fourth-order valence-electron chi connectivity index (χ4n) is 1.71. The molecule has 0 unspecified atom stereocenters. The van der Waals surface area contributed by atoms with Gasteiger partial charge in [-0.15, -0.1) is 0 Å². The van der Waals surface area contributed by atoms with Gasteiger partial charge in [0.05, 0.1) is 16.6 Å². The van der Waals surface area contributed by atoms with E-state index in [0.717, 1.165) is 0 Å². The fourth-order valence-corrected chi connectivity index (χ4v) is 1.71. The van der Waals surface area contributed by atoms with Crippen molar-refractivity contribution in [2.45, 2.75) is 35.8 Å². The molecule has 150 valence electrons. The molecule has 1 aromatic carbocycles. The number of halogens is 13. The number of nitrogens with two attached hydrogens (primary N) is 1. The van der Waals surface area contributed by atoms with E-state index in [1.807, 2.05) is 0 Å². The largest absolute Gasteiger partial charge is 0.460 e. The summed E-state index contributed by atoms with van der Waals surface area (Å²) >= 11 is 0. The number of hydrogen-bond donors (Lipinski definition) is 3. The molecule has 0 bridgehead atoms. The first kappa shape index (κ1) is 22.0. The molecule has 0 spiro atoms. The summed E-state index contributed by atoms with van der Waals surface area (Å²) in [5, 5.41) is 10.1. The molecule has 3 nitrogen and oxygen atoms in total. The molecule has 0 aliphatic rings. The van der Waals surface area contributed by atoms with Gasteiger partial charge in [-0.2, -0.15) is 57.1 Å². The van der Waals surface area contributed by atoms with E-state index in [1.54, 1.807) is 0 Å². The second-order valence-electron chi connectivity index (χ2n) is 4.91. The lowest BCUT2D eigenvalue weighted by atomic mass is 9.88. The van der Waals surface area contributed by atoms with Gasteiger partial charge in [0, 0.05) is 0 Å². The maximum absolute atomic E-state index is 13.6. The average molecular weight is 413 g/mol. The minimum atomic E-state index is -8.01. The molecule has 1 aromatic rings. The van der Waals surface area contributed by atoms with Crippen molar-refractivity contribution in [3.63, 3.8) is 0 Å². The molecule has 0 aromatic heterocycles. The summed E-state index contributed by atoms with van der Waals surface area (Å²) in [5.74, 6) is -37.9. The van der Waals surface area contributed by atoms with Crippen LogP contribution < -0.4 is 16.4 Å². The third kappa shape index (κ3) is 2.29. The van der Waals surface area contributed by atoms with Crippen LogP contribution in [0.2, 0.25) is 0 Å². The molecule has 1 rings (SSSR count). The van der Waals surface area contributed by atoms with E-state index in [4.69, 9.17) is 10.8 Å². The Balaban J connectivity index is 3.64. The van der Waals surface area contributed by atoms with Gasteiger partial charge in [-0.25, -0.2) is 0 Å². The normalized spacial score (nSPS) is 15.6. The number of alkyl halides is 13. The Labute approximate surface area is 132 Å². The van der Waals surface area contributed by atoms with Crippen molar-refractivity contribution >= 4 is 5.69 Å². The van der Waals surface area contributed by atoms with E-state index in [2.05, 4.69) is 5.73 Å². The Hall–Kier alpha value is -2.03. The molecule has 0 fully saturated rings. The molecule has 0 amide bonds. The van der Waals surface area contributed by atoms with Crippen molar-refractivity contribution in [2.75, 3.05) is 5.73 Å². The Bertz CT molecular complexity index is 781. The maximum Gasteiger partial charge on any atom is 0.460 e. The molecule has 0 saturated carbocycles. The van der Waals surface area contributed by atoms with Gasteiger partial charge in [-0.1, -0.05) is 0 Å². The SMILES string of the molecule is N=c1c(N)c(C(F)(F)C(F)(F)C(F)(F)C(F)(F)C(F)(F)C(F)(F)F)c1=N. The zero-order valence-electron chi connectivity index (χ0n) is 11.5. The lowest BCUT2D eigenvalue weighted by molar-refractivity contribution is -0.441. The molecule has 0 heterocycles. The number of rotatable bonds is 5. The summed E-state index contributed by atoms with van der Waals surface area (Å²) in [6.07, 6.45) is -7.49. The van der Waals surface area contributed by atoms with Crippen molar-refractivity contribution in [1.29, 1.82) is 10.8 Å². The van der Waals surface area contributed by atoms with Gasteiger partial charge in [0.25, 0.3) is 0 Å². The van der Waals surface area contributed by atoms with Crippen LogP contribution in [0.1, 0.15) is 5.56 Å². The van der Waals surface area contributed by atoms with E-state index < -0.39 is 57.8 Å². The second kappa shape index (κ2) is 5.25. The molecule has 0 saturated heterocycles. The van der Waals surface area contributed by atoms with Gasteiger partial charge in [-0.3, -0.25) is 10.8 Å². The number of nitrogens with one attached hydrogen (secondary N) is 2. The number of hydrogen-bond acceptors (Lipinski definition) is 3. The molecule has 0 aliphatic carbocycles. The first-order valence-corrected chi connectivity index (χ1v) is 5.75. The molecule has 16 heteroatoms.